The molecule has 0 heterocycles. The summed E-state index contributed by atoms with van der Waals surface area (Å²) in [5.74, 6) is 1.14. The first-order valence-electron chi connectivity index (χ1n) is 8.23. The van der Waals surface area contributed by atoms with Gasteiger partial charge in [-0.05, 0) is 70.1 Å². The van der Waals surface area contributed by atoms with Crippen LogP contribution in [0, 0.1) is 23.7 Å². The van der Waals surface area contributed by atoms with Gasteiger partial charge >= 0.3 is 5.97 Å². The van der Waals surface area contributed by atoms with Crippen molar-refractivity contribution in [3.8, 4) is 0 Å². The number of carbonyl (C=O) groups excluding carboxylic acids is 2. The highest BCUT2D eigenvalue weighted by Crippen LogP contribution is 2.60. The molecular weight excluding hydrogens is 268 g/mol. The van der Waals surface area contributed by atoms with Gasteiger partial charge in [0.15, 0.2) is 0 Å². The van der Waals surface area contributed by atoms with Gasteiger partial charge in [0, 0.05) is 0 Å². The standard InChI is InChI=1S/C17H26O4/c1-4-16(2,3)21-15(19)14-13-6-11-5-12(7-13)9-17(14,8-11)20-10-18/h10-14H,4-9H2,1-3H3. The molecule has 3 unspecified atom stereocenters. The van der Waals surface area contributed by atoms with Gasteiger partial charge in [0.05, 0.1) is 5.92 Å². The Morgan fingerprint density at radius 3 is 2.38 bits per heavy atom. The second kappa shape index (κ2) is 4.99. The first kappa shape index (κ1) is 14.9. The van der Waals surface area contributed by atoms with Gasteiger partial charge in [-0.15, -0.1) is 0 Å². The first-order chi connectivity index (χ1) is 9.89. The molecule has 118 valence electrons. The summed E-state index contributed by atoms with van der Waals surface area (Å²) in [7, 11) is 0. The fourth-order valence-electron chi connectivity index (χ4n) is 5.05. The van der Waals surface area contributed by atoms with Crippen LogP contribution in [0.15, 0.2) is 0 Å². The van der Waals surface area contributed by atoms with Crippen molar-refractivity contribution >= 4 is 12.4 Å². The third-order valence-electron chi connectivity index (χ3n) is 6.01. The zero-order chi connectivity index (χ0) is 15.3. The Kier molecular flexibility index (Phi) is 3.53. The summed E-state index contributed by atoms with van der Waals surface area (Å²) in [5, 5.41) is 0. The zero-order valence-corrected chi connectivity index (χ0v) is 13.3. The lowest BCUT2D eigenvalue weighted by atomic mass is 9.49. The molecule has 4 saturated carbocycles. The van der Waals surface area contributed by atoms with E-state index in [0.29, 0.717) is 24.2 Å². The Morgan fingerprint density at radius 1 is 1.24 bits per heavy atom. The van der Waals surface area contributed by atoms with Gasteiger partial charge in [-0.3, -0.25) is 9.59 Å². The molecule has 4 rings (SSSR count). The number of ether oxygens (including phenoxy) is 2. The maximum atomic E-state index is 12.8. The first-order valence-corrected chi connectivity index (χ1v) is 8.23. The van der Waals surface area contributed by atoms with E-state index in [1.807, 2.05) is 20.8 Å². The highest BCUT2D eigenvalue weighted by Gasteiger charge is 2.62. The SMILES string of the molecule is CCC(C)(C)OC(=O)C1C2CC3CC(C2)CC1(OC=O)C3. The van der Waals surface area contributed by atoms with Crippen LogP contribution < -0.4 is 0 Å². The molecule has 4 bridgehead atoms. The lowest BCUT2D eigenvalue weighted by molar-refractivity contribution is -0.214. The molecule has 0 aromatic heterocycles. The quantitative estimate of drug-likeness (QED) is 0.577. The van der Waals surface area contributed by atoms with Crippen LogP contribution in [0.25, 0.3) is 0 Å². The third-order valence-corrected chi connectivity index (χ3v) is 6.01. The van der Waals surface area contributed by atoms with Gasteiger partial charge < -0.3 is 9.47 Å². The molecule has 0 saturated heterocycles. The maximum Gasteiger partial charge on any atom is 0.313 e. The molecule has 4 aliphatic rings. The molecule has 0 aromatic carbocycles. The van der Waals surface area contributed by atoms with Gasteiger partial charge in [-0.25, -0.2) is 0 Å². The fraction of sp³-hybridized carbons (Fsp3) is 0.882. The van der Waals surface area contributed by atoms with Crippen LogP contribution >= 0.6 is 0 Å². The van der Waals surface area contributed by atoms with Gasteiger partial charge in [0.1, 0.15) is 11.2 Å². The molecule has 21 heavy (non-hydrogen) atoms. The molecule has 4 nitrogen and oxygen atoms in total. The number of hydrogen-bond acceptors (Lipinski definition) is 4. The summed E-state index contributed by atoms with van der Waals surface area (Å²) in [6.45, 7) is 6.43. The lowest BCUT2D eigenvalue weighted by Crippen LogP contribution is -2.61. The van der Waals surface area contributed by atoms with Crippen molar-refractivity contribution in [2.24, 2.45) is 23.7 Å². The van der Waals surface area contributed by atoms with Gasteiger partial charge in [-0.1, -0.05) is 6.92 Å². The van der Waals surface area contributed by atoms with Crippen LogP contribution in [-0.4, -0.2) is 23.6 Å². The smallest absolute Gasteiger partial charge is 0.313 e. The van der Waals surface area contributed by atoms with E-state index in [4.69, 9.17) is 9.47 Å². The van der Waals surface area contributed by atoms with E-state index in [2.05, 4.69) is 0 Å². The fourth-order valence-corrected chi connectivity index (χ4v) is 5.05. The Balaban J connectivity index is 1.85. The predicted molar refractivity (Wildman–Crippen MR) is 77.4 cm³/mol. The van der Waals surface area contributed by atoms with Crippen LogP contribution in [0.5, 0.6) is 0 Å². The normalized spacial score (nSPS) is 40.9. The molecule has 3 atom stereocenters. The summed E-state index contributed by atoms with van der Waals surface area (Å²) >= 11 is 0. The Bertz CT molecular complexity index is 428. The van der Waals surface area contributed by atoms with Crippen LogP contribution in [0.4, 0.5) is 0 Å². The molecule has 4 aliphatic carbocycles. The van der Waals surface area contributed by atoms with Crippen molar-refractivity contribution in [2.75, 3.05) is 0 Å². The van der Waals surface area contributed by atoms with Crippen molar-refractivity contribution in [1.29, 1.82) is 0 Å². The van der Waals surface area contributed by atoms with Crippen LogP contribution in [0.3, 0.4) is 0 Å². The summed E-state index contributed by atoms with van der Waals surface area (Å²) in [6, 6.07) is 0. The summed E-state index contributed by atoms with van der Waals surface area (Å²) in [4.78, 5) is 23.8. The molecular formula is C17H26O4. The monoisotopic (exact) mass is 294 g/mol. The Morgan fingerprint density at radius 2 is 1.86 bits per heavy atom. The molecule has 0 radical (unpaired) electrons. The van der Waals surface area contributed by atoms with E-state index in [1.54, 1.807) is 0 Å². The summed E-state index contributed by atoms with van der Waals surface area (Å²) in [5.41, 5.74) is -1.04. The largest absolute Gasteiger partial charge is 0.460 e. The van der Waals surface area contributed by atoms with E-state index in [0.717, 1.165) is 32.1 Å². The van der Waals surface area contributed by atoms with E-state index < -0.39 is 11.2 Å². The maximum absolute atomic E-state index is 12.8. The lowest BCUT2D eigenvalue weighted by Gasteiger charge is -2.58. The topological polar surface area (TPSA) is 52.6 Å². The van der Waals surface area contributed by atoms with Crippen molar-refractivity contribution in [2.45, 2.75) is 70.5 Å². The highest BCUT2D eigenvalue weighted by atomic mass is 16.6. The Hall–Kier alpha value is -1.06. The molecule has 0 spiro atoms. The van der Waals surface area contributed by atoms with Gasteiger partial charge in [0.25, 0.3) is 6.47 Å². The van der Waals surface area contributed by atoms with Gasteiger partial charge in [0.2, 0.25) is 0 Å². The molecule has 0 N–H and O–H groups in total. The third kappa shape index (κ3) is 2.47. The number of carbonyl (C=O) groups is 2. The summed E-state index contributed by atoms with van der Waals surface area (Å²) < 4.78 is 11.3. The van der Waals surface area contributed by atoms with Crippen molar-refractivity contribution in [3.63, 3.8) is 0 Å². The minimum absolute atomic E-state index is 0.160. The van der Waals surface area contributed by atoms with Crippen molar-refractivity contribution in [1.82, 2.24) is 0 Å². The average molecular weight is 294 g/mol. The van der Waals surface area contributed by atoms with E-state index in [-0.39, 0.29) is 11.9 Å². The van der Waals surface area contributed by atoms with Crippen LogP contribution in [0.2, 0.25) is 0 Å². The van der Waals surface area contributed by atoms with Crippen LogP contribution in [-0.2, 0) is 19.1 Å². The van der Waals surface area contributed by atoms with Crippen molar-refractivity contribution < 1.29 is 19.1 Å². The molecule has 0 aromatic rings. The van der Waals surface area contributed by atoms with Gasteiger partial charge in [-0.2, -0.15) is 0 Å². The van der Waals surface area contributed by atoms with Crippen LogP contribution in [0.1, 0.15) is 59.3 Å². The highest BCUT2D eigenvalue weighted by molar-refractivity contribution is 5.75. The van der Waals surface area contributed by atoms with E-state index in [9.17, 15) is 9.59 Å². The number of esters is 1. The Labute approximate surface area is 126 Å². The minimum Gasteiger partial charge on any atom is -0.460 e. The minimum atomic E-state index is -0.586. The summed E-state index contributed by atoms with van der Waals surface area (Å²) in [6.07, 6.45) is 5.88. The zero-order valence-electron chi connectivity index (χ0n) is 13.3. The molecule has 4 fully saturated rings. The molecule has 0 aliphatic heterocycles. The molecule has 0 amide bonds. The molecule has 4 heteroatoms. The van der Waals surface area contributed by atoms with E-state index in [1.165, 1.54) is 6.42 Å². The van der Waals surface area contributed by atoms with E-state index >= 15 is 0 Å². The number of rotatable bonds is 5. The van der Waals surface area contributed by atoms with Crippen molar-refractivity contribution in [3.05, 3.63) is 0 Å². The predicted octanol–water partition coefficient (Wildman–Crippen LogP) is 3.09. The second-order valence-electron chi connectivity index (χ2n) is 7.90. The number of hydrogen-bond donors (Lipinski definition) is 0. The average Bonchev–Trinajstić information content (AvgIpc) is 2.36. The second-order valence-corrected chi connectivity index (χ2v) is 7.90.